The maximum atomic E-state index is 12.9. The lowest BCUT2D eigenvalue weighted by atomic mass is 10.0. The number of rotatable bonds is 9. The molecule has 1 heterocycles. The number of benzene rings is 1. The quantitative estimate of drug-likeness (QED) is 0.722. The van der Waals surface area contributed by atoms with E-state index in [4.69, 9.17) is 4.74 Å². The minimum absolute atomic E-state index is 0.124. The maximum absolute atomic E-state index is 12.9. The molecule has 0 bridgehead atoms. The van der Waals surface area contributed by atoms with Gasteiger partial charge in [0.25, 0.3) is 5.56 Å². The summed E-state index contributed by atoms with van der Waals surface area (Å²) in [6, 6.07) is 9.40. The van der Waals surface area contributed by atoms with Crippen molar-refractivity contribution in [2.45, 2.75) is 52.5 Å². The molecule has 2 aromatic rings. The molecule has 0 fully saturated rings. The zero-order chi connectivity index (χ0) is 18.9. The molecule has 5 nitrogen and oxygen atoms in total. The number of amides is 1. The molecule has 1 amide bonds. The fourth-order valence-electron chi connectivity index (χ4n) is 2.77. The van der Waals surface area contributed by atoms with Crippen LogP contribution in [-0.2, 0) is 11.3 Å². The molecule has 0 aliphatic heterocycles. The third kappa shape index (κ3) is 4.97. The molecule has 0 aliphatic carbocycles. The van der Waals surface area contributed by atoms with Crippen molar-refractivity contribution in [3.63, 3.8) is 0 Å². The van der Waals surface area contributed by atoms with Crippen LogP contribution in [0.5, 0.6) is 5.75 Å². The second-order valence-electron chi connectivity index (χ2n) is 6.34. The Morgan fingerprint density at radius 2 is 1.92 bits per heavy atom. The van der Waals surface area contributed by atoms with Crippen molar-refractivity contribution in [2.24, 2.45) is 0 Å². The van der Waals surface area contributed by atoms with Crippen LogP contribution in [-0.4, -0.2) is 17.6 Å². The fraction of sp³-hybridized carbons (Fsp3) is 0.429. The van der Waals surface area contributed by atoms with Crippen LogP contribution < -0.4 is 15.6 Å². The predicted octanol–water partition coefficient (Wildman–Crippen LogP) is 4.45. The number of nitrogens with zero attached hydrogens (tertiary/aromatic N) is 1. The largest absolute Gasteiger partial charge is 0.497 e. The van der Waals surface area contributed by atoms with E-state index in [-0.39, 0.29) is 11.5 Å². The van der Waals surface area contributed by atoms with Crippen molar-refractivity contribution in [3.8, 4) is 16.9 Å². The summed E-state index contributed by atoms with van der Waals surface area (Å²) >= 11 is 0. The number of methoxy groups -OCH3 is 1. The Bertz CT molecular complexity index is 796. The minimum atomic E-state index is -0.163. The summed E-state index contributed by atoms with van der Waals surface area (Å²) in [5, 5.41) is 2.85. The SMILES string of the molecule is CCCCC(=O)Nc1c(-c2cccc(OC)c2)ccn(CCCC)c1=O. The monoisotopic (exact) mass is 356 g/mol. The minimum Gasteiger partial charge on any atom is -0.497 e. The molecule has 5 heteroatoms. The number of unbranched alkanes of at least 4 members (excludes halogenated alkanes) is 2. The average molecular weight is 356 g/mol. The first kappa shape index (κ1) is 19.8. The lowest BCUT2D eigenvalue weighted by Gasteiger charge is -2.14. The van der Waals surface area contributed by atoms with Gasteiger partial charge in [-0.15, -0.1) is 0 Å². The second kappa shape index (κ2) is 9.80. The molecule has 26 heavy (non-hydrogen) atoms. The van der Waals surface area contributed by atoms with Gasteiger partial charge in [-0.3, -0.25) is 9.59 Å². The number of nitrogens with one attached hydrogen (secondary N) is 1. The molecule has 2 rings (SSSR count). The zero-order valence-corrected chi connectivity index (χ0v) is 15.9. The Morgan fingerprint density at radius 3 is 2.62 bits per heavy atom. The summed E-state index contributed by atoms with van der Waals surface area (Å²) in [7, 11) is 1.61. The summed E-state index contributed by atoms with van der Waals surface area (Å²) < 4.78 is 6.96. The topological polar surface area (TPSA) is 60.3 Å². The van der Waals surface area contributed by atoms with Crippen molar-refractivity contribution in [1.82, 2.24) is 4.57 Å². The summed E-state index contributed by atoms with van der Waals surface area (Å²) in [6.07, 6.45) is 5.87. The number of anilines is 1. The molecule has 1 aromatic heterocycles. The standard InChI is InChI=1S/C21H28N2O3/c1-4-6-11-19(24)22-20-18(16-9-8-10-17(15-16)26-3)12-14-23(21(20)25)13-7-5-2/h8-10,12,14-15H,4-7,11,13H2,1-3H3,(H,22,24). The smallest absolute Gasteiger partial charge is 0.274 e. The first-order valence-electron chi connectivity index (χ1n) is 9.28. The van der Waals surface area contributed by atoms with Crippen molar-refractivity contribution in [1.29, 1.82) is 0 Å². The van der Waals surface area contributed by atoms with Gasteiger partial charge in [-0.05, 0) is 36.6 Å². The van der Waals surface area contributed by atoms with Crippen LogP contribution in [0.3, 0.4) is 0 Å². The van der Waals surface area contributed by atoms with E-state index in [1.54, 1.807) is 17.9 Å². The van der Waals surface area contributed by atoms with Gasteiger partial charge in [0, 0.05) is 24.7 Å². The van der Waals surface area contributed by atoms with Gasteiger partial charge in [0.15, 0.2) is 0 Å². The average Bonchev–Trinajstić information content (AvgIpc) is 2.67. The Balaban J connectivity index is 2.46. The molecular formula is C21H28N2O3. The van der Waals surface area contributed by atoms with Gasteiger partial charge in [0.1, 0.15) is 11.4 Å². The number of carbonyl (C=O) groups excluding carboxylic acids is 1. The fourth-order valence-corrected chi connectivity index (χ4v) is 2.77. The van der Waals surface area contributed by atoms with Gasteiger partial charge in [-0.2, -0.15) is 0 Å². The molecule has 1 aromatic carbocycles. The lowest BCUT2D eigenvalue weighted by molar-refractivity contribution is -0.116. The maximum Gasteiger partial charge on any atom is 0.274 e. The van der Waals surface area contributed by atoms with Crippen molar-refractivity contribution < 1.29 is 9.53 Å². The number of hydrogen-bond acceptors (Lipinski definition) is 3. The van der Waals surface area contributed by atoms with E-state index in [0.717, 1.165) is 31.2 Å². The highest BCUT2D eigenvalue weighted by Crippen LogP contribution is 2.28. The number of pyridine rings is 1. The van der Waals surface area contributed by atoms with Crippen LogP contribution in [0.25, 0.3) is 11.1 Å². The van der Waals surface area contributed by atoms with Gasteiger partial charge < -0.3 is 14.6 Å². The normalized spacial score (nSPS) is 10.6. The Kier molecular flexibility index (Phi) is 7.45. The predicted molar refractivity (Wildman–Crippen MR) is 106 cm³/mol. The highest BCUT2D eigenvalue weighted by atomic mass is 16.5. The number of aromatic nitrogens is 1. The number of ether oxygens (including phenoxy) is 1. The number of hydrogen-bond donors (Lipinski definition) is 1. The van der Waals surface area contributed by atoms with Crippen molar-refractivity contribution in [2.75, 3.05) is 12.4 Å². The Hall–Kier alpha value is -2.56. The van der Waals surface area contributed by atoms with E-state index in [1.807, 2.05) is 37.3 Å². The van der Waals surface area contributed by atoms with Crippen LogP contribution in [0.15, 0.2) is 41.3 Å². The van der Waals surface area contributed by atoms with Gasteiger partial charge in [0.2, 0.25) is 5.91 Å². The molecular weight excluding hydrogens is 328 g/mol. The third-order valence-corrected chi connectivity index (χ3v) is 4.32. The number of carbonyl (C=O) groups is 1. The van der Waals surface area contributed by atoms with Crippen LogP contribution >= 0.6 is 0 Å². The number of aryl methyl sites for hydroxylation is 1. The first-order valence-corrected chi connectivity index (χ1v) is 9.28. The second-order valence-corrected chi connectivity index (χ2v) is 6.34. The molecule has 0 saturated carbocycles. The van der Waals surface area contributed by atoms with Crippen molar-refractivity contribution in [3.05, 3.63) is 46.9 Å². The van der Waals surface area contributed by atoms with E-state index in [2.05, 4.69) is 12.2 Å². The van der Waals surface area contributed by atoms with Crippen LogP contribution in [0.1, 0.15) is 46.0 Å². The molecule has 0 aliphatic rings. The van der Waals surface area contributed by atoms with Crippen LogP contribution in [0.4, 0.5) is 5.69 Å². The molecule has 0 unspecified atom stereocenters. The molecule has 0 atom stereocenters. The van der Waals surface area contributed by atoms with E-state index >= 15 is 0 Å². The molecule has 0 spiro atoms. The summed E-state index contributed by atoms with van der Waals surface area (Å²) in [5.41, 5.74) is 1.74. The van der Waals surface area contributed by atoms with Crippen LogP contribution in [0.2, 0.25) is 0 Å². The molecule has 140 valence electrons. The summed E-state index contributed by atoms with van der Waals surface area (Å²) in [5.74, 6) is 0.585. The third-order valence-electron chi connectivity index (χ3n) is 4.32. The molecule has 1 N–H and O–H groups in total. The molecule has 0 radical (unpaired) electrons. The first-order chi connectivity index (χ1) is 12.6. The lowest BCUT2D eigenvalue weighted by Crippen LogP contribution is -2.26. The Morgan fingerprint density at radius 1 is 1.15 bits per heavy atom. The van der Waals surface area contributed by atoms with Gasteiger partial charge in [-0.25, -0.2) is 0 Å². The van der Waals surface area contributed by atoms with Gasteiger partial charge in [0.05, 0.1) is 7.11 Å². The van der Waals surface area contributed by atoms with Crippen LogP contribution in [0, 0.1) is 0 Å². The van der Waals surface area contributed by atoms with E-state index < -0.39 is 0 Å². The van der Waals surface area contributed by atoms with Gasteiger partial charge >= 0.3 is 0 Å². The summed E-state index contributed by atoms with van der Waals surface area (Å²) in [4.78, 5) is 25.2. The highest BCUT2D eigenvalue weighted by molar-refractivity contribution is 5.95. The zero-order valence-electron chi connectivity index (χ0n) is 15.9. The van der Waals surface area contributed by atoms with E-state index in [1.165, 1.54) is 0 Å². The van der Waals surface area contributed by atoms with Gasteiger partial charge in [-0.1, -0.05) is 38.8 Å². The summed E-state index contributed by atoms with van der Waals surface area (Å²) in [6.45, 7) is 4.77. The molecule has 0 saturated heterocycles. The van der Waals surface area contributed by atoms with Crippen molar-refractivity contribution >= 4 is 11.6 Å². The highest BCUT2D eigenvalue weighted by Gasteiger charge is 2.15. The van der Waals surface area contributed by atoms with E-state index in [0.29, 0.717) is 30.0 Å². The Labute approximate surface area is 155 Å². The van der Waals surface area contributed by atoms with E-state index in [9.17, 15) is 9.59 Å².